The quantitative estimate of drug-likeness (QED) is 0.232. The first kappa shape index (κ1) is 25.3. The van der Waals surface area contributed by atoms with Crippen LogP contribution in [-0.2, 0) is 17.6 Å². The van der Waals surface area contributed by atoms with E-state index in [9.17, 15) is 9.59 Å². The molecule has 0 unspecified atom stereocenters. The molecule has 0 aliphatic rings. The first-order valence-electron chi connectivity index (χ1n) is 12.0. The van der Waals surface area contributed by atoms with E-state index in [0.717, 1.165) is 24.1 Å². The van der Waals surface area contributed by atoms with Crippen LogP contribution in [0.15, 0.2) is 72.1 Å². The minimum atomic E-state index is -0.443. The summed E-state index contributed by atoms with van der Waals surface area (Å²) in [4.78, 5) is 28.8. The van der Waals surface area contributed by atoms with Gasteiger partial charge >= 0.3 is 0 Å². The minimum absolute atomic E-state index is 0.0145. The standard InChI is InChI=1S/C28H29N5O2S/c1-5-20-9-7-10-21(6-2)25(20)33-26(23-11-8-16-29-17-23)31-32-28(33)36-19(4)27(35)30-24-14-12-22(13-15-24)18(3)34/h7-17,19H,5-6H2,1-4H3,(H,30,35)/t19-/m0/s1. The van der Waals surface area contributed by atoms with Crippen LogP contribution >= 0.6 is 11.8 Å². The zero-order valence-corrected chi connectivity index (χ0v) is 21.7. The molecule has 0 radical (unpaired) electrons. The SMILES string of the molecule is CCc1cccc(CC)c1-n1c(S[C@@H](C)C(=O)Nc2ccc(C(C)=O)cc2)nnc1-c1cccnc1. The van der Waals surface area contributed by atoms with Gasteiger partial charge in [-0.25, -0.2) is 0 Å². The Kier molecular flexibility index (Phi) is 7.95. The Bertz CT molecular complexity index is 1340. The zero-order valence-electron chi connectivity index (χ0n) is 20.9. The Hall–Kier alpha value is -3.78. The highest BCUT2D eigenvalue weighted by atomic mass is 32.2. The molecule has 0 bridgehead atoms. The number of nitrogens with one attached hydrogen (secondary N) is 1. The lowest BCUT2D eigenvalue weighted by Gasteiger charge is -2.19. The Morgan fingerprint density at radius 2 is 1.67 bits per heavy atom. The normalized spacial score (nSPS) is 11.8. The number of benzene rings is 2. The number of carbonyl (C=O) groups excluding carboxylic acids is 2. The number of Topliss-reactive ketones (excluding diaryl/α,β-unsaturated/α-hetero) is 1. The summed E-state index contributed by atoms with van der Waals surface area (Å²) in [6, 6.07) is 17.0. The van der Waals surface area contributed by atoms with E-state index in [-0.39, 0.29) is 11.7 Å². The fourth-order valence-electron chi connectivity index (χ4n) is 3.98. The molecule has 1 N–H and O–H groups in total. The van der Waals surface area contributed by atoms with Crippen molar-refractivity contribution in [3.63, 3.8) is 0 Å². The summed E-state index contributed by atoms with van der Waals surface area (Å²) in [5.74, 6) is 0.514. The minimum Gasteiger partial charge on any atom is -0.325 e. The fraction of sp³-hybridized carbons (Fsp3) is 0.250. The number of ketones is 1. The number of hydrogen-bond acceptors (Lipinski definition) is 6. The Labute approximate surface area is 215 Å². The summed E-state index contributed by atoms with van der Waals surface area (Å²) in [5, 5.41) is 12.2. The molecule has 7 nitrogen and oxygen atoms in total. The molecule has 0 fully saturated rings. The first-order valence-corrected chi connectivity index (χ1v) is 12.9. The third-order valence-electron chi connectivity index (χ3n) is 5.95. The van der Waals surface area contributed by atoms with Crippen LogP contribution in [0.2, 0.25) is 0 Å². The van der Waals surface area contributed by atoms with Gasteiger partial charge in [0, 0.05) is 29.2 Å². The maximum absolute atomic E-state index is 13.0. The van der Waals surface area contributed by atoms with Gasteiger partial charge in [0.15, 0.2) is 16.8 Å². The molecule has 36 heavy (non-hydrogen) atoms. The van der Waals surface area contributed by atoms with Gasteiger partial charge in [0.2, 0.25) is 5.91 Å². The smallest absolute Gasteiger partial charge is 0.237 e. The number of hydrogen-bond donors (Lipinski definition) is 1. The van der Waals surface area contributed by atoms with E-state index in [1.54, 1.807) is 36.7 Å². The summed E-state index contributed by atoms with van der Waals surface area (Å²) in [7, 11) is 0. The number of anilines is 1. The molecule has 2 aromatic heterocycles. The average Bonchev–Trinajstić information content (AvgIpc) is 3.31. The number of aromatic nitrogens is 4. The number of thioether (sulfide) groups is 1. The zero-order chi connectivity index (χ0) is 25.7. The van der Waals surface area contributed by atoms with Crippen molar-refractivity contribution in [2.24, 2.45) is 0 Å². The maximum Gasteiger partial charge on any atom is 0.237 e. The molecule has 184 valence electrons. The van der Waals surface area contributed by atoms with E-state index >= 15 is 0 Å². The molecule has 4 rings (SSSR count). The summed E-state index contributed by atoms with van der Waals surface area (Å²) in [6.45, 7) is 7.63. The molecule has 4 aromatic rings. The van der Waals surface area contributed by atoms with Crippen molar-refractivity contribution in [2.75, 3.05) is 5.32 Å². The lowest BCUT2D eigenvalue weighted by Crippen LogP contribution is -2.23. The Morgan fingerprint density at radius 1 is 0.972 bits per heavy atom. The summed E-state index contributed by atoms with van der Waals surface area (Å²) in [5.41, 5.74) is 5.52. The molecule has 1 amide bonds. The lowest BCUT2D eigenvalue weighted by atomic mass is 10.0. The van der Waals surface area contributed by atoms with Crippen molar-refractivity contribution < 1.29 is 9.59 Å². The van der Waals surface area contributed by atoms with Crippen molar-refractivity contribution in [3.8, 4) is 17.1 Å². The third kappa shape index (κ3) is 5.39. The highest BCUT2D eigenvalue weighted by molar-refractivity contribution is 8.00. The summed E-state index contributed by atoms with van der Waals surface area (Å²) in [6.07, 6.45) is 5.21. The van der Waals surface area contributed by atoms with E-state index < -0.39 is 5.25 Å². The first-order chi connectivity index (χ1) is 17.4. The number of aryl methyl sites for hydroxylation is 2. The van der Waals surface area contributed by atoms with E-state index in [0.29, 0.717) is 22.2 Å². The number of nitrogens with zero attached hydrogens (tertiary/aromatic N) is 4. The Morgan fingerprint density at radius 3 is 2.25 bits per heavy atom. The van der Waals surface area contributed by atoms with Gasteiger partial charge in [-0.05, 0) is 74.2 Å². The van der Waals surface area contributed by atoms with Gasteiger partial charge in [0.05, 0.1) is 10.9 Å². The van der Waals surface area contributed by atoms with Crippen LogP contribution in [0.25, 0.3) is 17.1 Å². The van der Waals surface area contributed by atoms with Crippen LogP contribution in [0, 0.1) is 0 Å². The Balaban J connectivity index is 1.69. The monoisotopic (exact) mass is 499 g/mol. The van der Waals surface area contributed by atoms with Crippen LogP contribution in [0.1, 0.15) is 49.2 Å². The fourth-order valence-corrected chi connectivity index (χ4v) is 4.83. The van der Waals surface area contributed by atoms with Crippen molar-refractivity contribution in [1.29, 1.82) is 0 Å². The molecule has 1 atom stereocenters. The molecule has 2 aromatic carbocycles. The topological polar surface area (TPSA) is 89.8 Å². The van der Waals surface area contributed by atoms with E-state index in [4.69, 9.17) is 0 Å². The highest BCUT2D eigenvalue weighted by Gasteiger charge is 2.24. The molecule has 8 heteroatoms. The molecule has 0 saturated carbocycles. The molecule has 0 saturated heterocycles. The van der Waals surface area contributed by atoms with E-state index in [1.165, 1.54) is 29.8 Å². The summed E-state index contributed by atoms with van der Waals surface area (Å²) >= 11 is 1.36. The van der Waals surface area contributed by atoms with Crippen LogP contribution < -0.4 is 5.32 Å². The van der Waals surface area contributed by atoms with Crippen molar-refractivity contribution in [3.05, 3.63) is 83.7 Å². The van der Waals surface area contributed by atoms with Crippen LogP contribution in [0.5, 0.6) is 0 Å². The lowest BCUT2D eigenvalue weighted by molar-refractivity contribution is -0.115. The number of pyridine rings is 1. The molecular weight excluding hydrogens is 470 g/mol. The van der Waals surface area contributed by atoms with E-state index in [2.05, 4.69) is 57.1 Å². The van der Waals surface area contributed by atoms with Crippen LogP contribution in [-0.4, -0.2) is 36.7 Å². The predicted molar refractivity (Wildman–Crippen MR) is 144 cm³/mol. The van der Waals surface area contributed by atoms with Crippen molar-refractivity contribution in [2.45, 2.75) is 50.9 Å². The average molecular weight is 500 g/mol. The third-order valence-corrected chi connectivity index (χ3v) is 6.99. The van der Waals surface area contributed by atoms with Gasteiger partial charge < -0.3 is 5.32 Å². The molecule has 0 spiro atoms. The molecule has 0 aliphatic carbocycles. The van der Waals surface area contributed by atoms with Crippen molar-refractivity contribution >= 4 is 29.1 Å². The molecule has 2 heterocycles. The predicted octanol–water partition coefficient (Wildman–Crippen LogP) is 5.78. The van der Waals surface area contributed by atoms with Crippen LogP contribution in [0.4, 0.5) is 5.69 Å². The van der Waals surface area contributed by atoms with Gasteiger partial charge in [-0.2, -0.15) is 0 Å². The van der Waals surface area contributed by atoms with Crippen LogP contribution in [0.3, 0.4) is 0 Å². The number of carbonyl (C=O) groups is 2. The second-order valence-corrected chi connectivity index (χ2v) is 9.71. The number of rotatable bonds is 9. The van der Waals surface area contributed by atoms with Gasteiger partial charge in [-0.3, -0.25) is 19.1 Å². The van der Waals surface area contributed by atoms with Gasteiger partial charge in [0.25, 0.3) is 0 Å². The highest BCUT2D eigenvalue weighted by Crippen LogP contribution is 2.33. The van der Waals surface area contributed by atoms with Gasteiger partial charge in [-0.15, -0.1) is 10.2 Å². The van der Waals surface area contributed by atoms with Gasteiger partial charge in [0.1, 0.15) is 0 Å². The molecular formula is C28H29N5O2S. The second-order valence-electron chi connectivity index (χ2n) is 8.40. The largest absolute Gasteiger partial charge is 0.325 e. The molecule has 0 aliphatic heterocycles. The second kappa shape index (κ2) is 11.3. The van der Waals surface area contributed by atoms with E-state index in [1.807, 2.05) is 19.1 Å². The number of para-hydroxylation sites is 1. The summed E-state index contributed by atoms with van der Waals surface area (Å²) < 4.78 is 2.06. The van der Waals surface area contributed by atoms with Gasteiger partial charge in [-0.1, -0.05) is 43.8 Å². The number of amides is 1. The van der Waals surface area contributed by atoms with Crippen molar-refractivity contribution in [1.82, 2.24) is 19.7 Å². The maximum atomic E-state index is 13.0.